The number of hydrogen-bond acceptors (Lipinski definition) is 5. The van der Waals surface area contributed by atoms with Gasteiger partial charge < -0.3 is 4.52 Å². The van der Waals surface area contributed by atoms with E-state index in [2.05, 4.69) is 24.0 Å². The van der Waals surface area contributed by atoms with E-state index in [-0.39, 0.29) is 33.6 Å². The number of benzene rings is 1. The first kappa shape index (κ1) is 16.9. The minimum absolute atomic E-state index is 0.0732. The summed E-state index contributed by atoms with van der Waals surface area (Å²) in [5.41, 5.74) is 0.461. The third-order valence-corrected chi connectivity index (χ3v) is 4.48. The number of carbonyl (C=O) groups is 2. The van der Waals surface area contributed by atoms with Gasteiger partial charge in [0.05, 0.1) is 21.2 Å². The smallest absolute Gasteiger partial charge is 0.262 e. The molecule has 24 heavy (non-hydrogen) atoms. The minimum atomic E-state index is -0.449. The summed E-state index contributed by atoms with van der Waals surface area (Å²) in [4.78, 5) is 30.1. The van der Waals surface area contributed by atoms with E-state index in [4.69, 9.17) is 27.7 Å². The van der Waals surface area contributed by atoms with Crippen molar-refractivity contribution in [3.8, 4) is 0 Å². The van der Waals surface area contributed by atoms with Crippen LogP contribution in [0.4, 0.5) is 0 Å². The lowest BCUT2D eigenvalue weighted by molar-refractivity contribution is 0.0625. The molecule has 1 aliphatic heterocycles. The molecular weight excluding hydrogens is 353 g/mol. The zero-order valence-corrected chi connectivity index (χ0v) is 14.7. The number of amides is 2. The highest BCUT2D eigenvalue weighted by Gasteiger charge is 2.37. The maximum absolute atomic E-state index is 12.4. The molecule has 0 atom stereocenters. The van der Waals surface area contributed by atoms with Gasteiger partial charge in [-0.15, -0.1) is 0 Å². The molecule has 8 heteroatoms. The number of halogens is 2. The van der Waals surface area contributed by atoms with Crippen LogP contribution in [-0.4, -0.2) is 26.9 Å². The monoisotopic (exact) mass is 367 g/mol. The highest BCUT2D eigenvalue weighted by Crippen LogP contribution is 2.32. The average Bonchev–Trinajstić information content (AvgIpc) is 3.06. The van der Waals surface area contributed by atoms with E-state index in [1.54, 1.807) is 0 Å². The van der Waals surface area contributed by atoms with Gasteiger partial charge in [0.25, 0.3) is 11.8 Å². The van der Waals surface area contributed by atoms with Crippen molar-refractivity contribution in [1.29, 1.82) is 0 Å². The summed E-state index contributed by atoms with van der Waals surface area (Å²) >= 11 is 11.8. The van der Waals surface area contributed by atoms with Crippen molar-refractivity contribution in [2.75, 3.05) is 0 Å². The molecule has 3 rings (SSSR count). The van der Waals surface area contributed by atoms with E-state index in [0.717, 1.165) is 11.3 Å². The number of fused-ring (bicyclic) bond motifs is 1. The van der Waals surface area contributed by atoms with Crippen LogP contribution in [0, 0.1) is 5.92 Å². The van der Waals surface area contributed by atoms with Crippen LogP contribution in [0.5, 0.6) is 0 Å². The second-order valence-corrected chi connectivity index (χ2v) is 6.86. The summed E-state index contributed by atoms with van der Waals surface area (Å²) < 4.78 is 5.14. The SMILES string of the molecule is CC(C)CCc1noc(CN2C(=O)c3cc(Cl)c(Cl)cc3C2=O)n1. The summed E-state index contributed by atoms with van der Waals surface area (Å²) in [6.07, 6.45) is 1.62. The molecule has 2 aromatic rings. The first-order valence-corrected chi connectivity index (χ1v) is 8.29. The fourth-order valence-electron chi connectivity index (χ4n) is 2.44. The normalized spacial score (nSPS) is 14.0. The number of carbonyl (C=O) groups excluding carboxylic acids is 2. The van der Waals surface area contributed by atoms with Crippen LogP contribution < -0.4 is 0 Å². The van der Waals surface area contributed by atoms with Gasteiger partial charge in [0.2, 0.25) is 5.89 Å². The van der Waals surface area contributed by atoms with Crippen LogP contribution in [0.3, 0.4) is 0 Å². The van der Waals surface area contributed by atoms with Crippen LogP contribution in [0.2, 0.25) is 10.0 Å². The van der Waals surface area contributed by atoms with E-state index >= 15 is 0 Å². The Hall–Kier alpha value is -1.92. The first-order valence-electron chi connectivity index (χ1n) is 7.53. The highest BCUT2D eigenvalue weighted by molar-refractivity contribution is 6.43. The molecule has 0 unspecified atom stereocenters. The van der Waals surface area contributed by atoms with Gasteiger partial charge >= 0.3 is 0 Å². The first-order chi connectivity index (χ1) is 11.4. The Morgan fingerprint density at radius 2 is 1.71 bits per heavy atom. The molecule has 0 fully saturated rings. The summed E-state index contributed by atoms with van der Waals surface area (Å²) in [6, 6.07) is 2.81. The molecule has 6 nitrogen and oxygen atoms in total. The minimum Gasteiger partial charge on any atom is -0.337 e. The van der Waals surface area contributed by atoms with Crippen molar-refractivity contribution in [2.24, 2.45) is 5.92 Å². The van der Waals surface area contributed by atoms with Gasteiger partial charge in [0.1, 0.15) is 6.54 Å². The second-order valence-electron chi connectivity index (χ2n) is 6.05. The molecule has 126 valence electrons. The van der Waals surface area contributed by atoms with Crippen LogP contribution in [0.15, 0.2) is 16.7 Å². The molecule has 2 amide bonds. The molecule has 0 N–H and O–H groups in total. The van der Waals surface area contributed by atoms with Crippen LogP contribution in [0.25, 0.3) is 0 Å². The van der Waals surface area contributed by atoms with Gasteiger partial charge in [0, 0.05) is 6.42 Å². The maximum Gasteiger partial charge on any atom is 0.262 e. The molecule has 0 radical (unpaired) electrons. The second kappa shape index (κ2) is 6.53. The zero-order chi connectivity index (χ0) is 17.4. The molecule has 1 aromatic heterocycles. The van der Waals surface area contributed by atoms with Crippen molar-refractivity contribution in [3.63, 3.8) is 0 Å². The Morgan fingerprint density at radius 1 is 1.12 bits per heavy atom. The van der Waals surface area contributed by atoms with E-state index in [1.807, 2.05) is 0 Å². The number of nitrogens with zero attached hydrogens (tertiary/aromatic N) is 3. The van der Waals surface area contributed by atoms with Crippen molar-refractivity contribution < 1.29 is 14.1 Å². The molecule has 0 saturated carbocycles. The molecule has 2 heterocycles. The highest BCUT2D eigenvalue weighted by atomic mass is 35.5. The summed E-state index contributed by atoms with van der Waals surface area (Å²) in [5.74, 6) is 0.422. The molecule has 1 aliphatic rings. The summed E-state index contributed by atoms with van der Waals surface area (Å²) in [6.45, 7) is 4.14. The van der Waals surface area contributed by atoms with Gasteiger partial charge in [-0.1, -0.05) is 42.2 Å². The van der Waals surface area contributed by atoms with E-state index in [1.165, 1.54) is 12.1 Å². The Bertz CT molecular complexity index is 776. The molecule has 0 saturated heterocycles. The lowest BCUT2D eigenvalue weighted by Crippen LogP contribution is -2.29. The fourth-order valence-corrected chi connectivity index (χ4v) is 2.76. The Labute approximate surface area is 148 Å². The number of aromatic nitrogens is 2. The Kier molecular flexibility index (Phi) is 4.60. The van der Waals surface area contributed by atoms with E-state index in [9.17, 15) is 9.59 Å². The molecule has 0 bridgehead atoms. The largest absolute Gasteiger partial charge is 0.337 e. The van der Waals surface area contributed by atoms with Gasteiger partial charge in [-0.25, -0.2) is 0 Å². The third kappa shape index (κ3) is 3.16. The lowest BCUT2D eigenvalue weighted by Gasteiger charge is -2.09. The van der Waals surface area contributed by atoms with Gasteiger partial charge in [-0.05, 0) is 24.5 Å². The predicted octanol–water partition coefficient (Wildman–Crippen LogP) is 3.76. The summed E-state index contributed by atoms with van der Waals surface area (Å²) in [7, 11) is 0. The molecule has 0 spiro atoms. The standard InChI is InChI=1S/C16H15Cl2N3O3/c1-8(2)3-4-13-19-14(24-20-13)7-21-15(22)9-5-11(17)12(18)6-10(9)16(21)23/h5-6,8H,3-4,7H2,1-2H3. The van der Waals surface area contributed by atoms with Crippen LogP contribution in [0.1, 0.15) is 52.7 Å². The third-order valence-electron chi connectivity index (χ3n) is 3.76. The Morgan fingerprint density at radius 3 is 2.25 bits per heavy atom. The summed E-state index contributed by atoms with van der Waals surface area (Å²) in [5, 5.41) is 4.34. The van der Waals surface area contributed by atoms with Crippen molar-refractivity contribution in [1.82, 2.24) is 15.0 Å². The predicted molar refractivity (Wildman–Crippen MR) is 88.1 cm³/mol. The topological polar surface area (TPSA) is 76.3 Å². The van der Waals surface area contributed by atoms with Gasteiger partial charge in [0.15, 0.2) is 5.82 Å². The zero-order valence-electron chi connectivity index (χ0n) is 13.2. The van der Waals surface area contributed by atoms with Gasteiger partial charge in [-0.2, -0.15) is 4.98 Å². The number of hydrogen-bond donors (Lipinski definition) is 0. The van der Waals surface area contributed by atoms with Crippen molar-refractivity contribution >= 4 is 35.0 Å². The maximum atomic E-state index is 12.4. The van der Waals surface area contributed by atoms with Crippen LogP contribution in [-0.2, 0) is 13.0 Å². The van der Waals surface area contributed by atoms with E-state index in [0.29, 0.717) is 18.2 Å². The Balaban J connectivity index is 1.77. The van der Waals surface area contributed by atoms with E-state index < -0.39 is 11.8 Å². The average molecular weight is 368 g/mol. The molecule has 0 aliphatic carbocycles. The van der Waals surface area contributed by atoms with Gasteiger partial charge in [-0.3, -0.25) is 14.5 Å². The quantitative estimate of drug-likeness (QED) is 0.751. The molecular formula is C16H15Cl2N3O3. The van der Waals surface area contributed by atoms with Crippen LogP contribution >= 0.6 is 23.2 Å². The fraction of sp³-hybridized carbons (Fsp3) is 0.375. The van der Waals surface area contributed by atoms with Crippen molar-refractivity contribution in [2.45, 2.75) is 33.2 Å². The number of rotatable bonds is 5. The molecule has 1 aromatic carbocycles. The number of imide groups is 1. The number of aryl methyl sites for hydroxylation is 1. The lowest BCUT2D eigenvalue weighted by atomic mass is 10.1. The van der Waals surface area contributed by atoms with Crippen molar-refractivity contribution in [3.05, 3.63) is 45.0 Å².